The second kappa shape index (κ2) is 6.03. The average molecular weight is 353 g/mol. The number of imidazole rings is 1. The molecule has 1 aliphatic carbocycles. The summed E-state index contributed by atoms with van der Waals surface area (Å²) in [6.45, 7) is 0.0530. The van der Waals surface area contributed by atoms with Gasteiger partial charge in [-0.05, 0) is 17.7 Å². The molecule has 0 radical (unpaired) electrons. The van der Waals surface area contributed by atoms with Gasteiger partial charge in [0.15, 0.2) is 0 Å². The van der Waals surface area contributed by atoms with Crippen molar-refractivity contribution in [1.82, 2.24) is 19.7 Å². The maximum Gasteiger partial charge on any atom is 0.319 e. The van der Waals surface area contributed by atoms with Crippen molar-refractivity contribution < 1.29 is 14.7 Å². The van der Waals surface area contributed by atoms with Crippen LogP contribution in [0.4, 0.5) is 10.5 Å². The number of hydrogen-bond acceptors (Lipinski definition) is 4. The molecule has 3 aromatic rings. The van der Waals surface area contributed by atoms with E-state index >= 15 is 0 Å². The van der Waals surface area contributed by atoms with E-state index in [0.29, 0.717) is 17.8 Å². The quantitative estimate of drug-likeness (QED) is 0.438. The van der Waals surface area contributed by atoms with Gasteiger partial charge in [0, 0.05) is 36.6 Å². The predicted molar refractivity (Wildman–Crippen MR) is 93.3 cm³/mol. The van der Waals surface area contributed by atoms with E-state index in [1.54, 1.807) is 22.9 Å². The van der Waals surface area contributed by atoms with Crippen LogP contribution in [0.2, 0.25) is 0 Å². The Bertz CT molecular complexity index is 1100. The number of aromatic amines is 1. The van der Waals surface area contributed by atoms with Crippen LogP contribution in [-0.2, 0) is 11.2 Å². The van der Waals surface area contributed by atoms with Crippen molar-refractivity contribution in [2.75, 3.05) is 11.9 Å². The summed E-state index contributed by atoms with van der Waals surface area (Å²) in [5.74, 6) is -0.972. The van der Waals surface area contributed by atoms with Crippen LogP contribution in [0.25, 0.3) is 16.9 Å². The summed E-state index contributed by atoms with van der Waals surface area (Å²) in [6.07, 6.45) is 3.80. The highest BCUT2D eigenvalue weighted by Gasteiger charge is 2.23. The smallest absolute Gasteiger partial charge is 0.319 e. The van der Waals surface area contributed by atoms with Gasteiger partial charge in [0.2, 0.25) is 5.65 Å². The fourth-order valence-electron chi connectivity index (χ4n) is 3.15. The molecular weight excluding hydrogens is 338 g/mol. The molecule has 9 heteroatoms. The van der Waals surface area contributed by atoms with Gasteiger partial charge in [-0.15, -0.1) is 0 Å². The van der Waals surface area contributed by atoms with Crippen molar-refractivity contribution in [3.63, 3.8) is 0 Å². The lowest BCUT2D eigenvalue weighted by Gasteiger charge is -2.08. The summed E-state index contributed by atoms with van der Waals surface area (Å²) < 4.78 is 1.78. The van der Waals surface area contributed by atoms with Gasteiger partial charge >= 0.3 is 12.0 Å². The molecule has 4 rings (SSSR count). The fourth-order valence-corrected chi connectivity index (χ4v) is 3.15. The molecule has 1 aromatic carbocycles. The third-order valence-corrected chi connectivity index (χ3v) is 4.28. The number of H-pyrrole nitrogens is 1. The number of hydrogen-bond donors (Lipinski definition) is 4. The molecule has 0 bridgehead atoms. The van der Waals surface area contributed by atoms with E-state index in [1.807, 2.05) is 12.1 Å². The monoisotopic (exact) mass is 353 g/mol. The van der Waals surface area contributed by atoms with E-state index in [0.717, 1.165) is 22.5 Å². The predicted octanol–water partition coefficient (Wildman–Crippen LogP) is 1.19. The molecule has 0 saturated heterocycles. The molecule has 4 N–H and O–H groups in total. The summed E-state index contributed by atoms with van der Waals surface area (Å²) in [4.78, 5) is 41.4. The minimum atomic E-state index is -0.972. The summed E-state index contributed by atoms with van der Waals surface area (Å²) in [6, 6.07) is 4.95. The molecule has 0 saturated carbocycles. The van der Waals surface area contributed by atoms with Gasteiger partial charge in [-0.3, -0.25) is 14.0 Å². The number of nitrogens with one attached hydrogen (secondary N) is 3. The zero-order chi connectivity index (χ0) is 18.3. The summed E-state index contributed by atoms with van der Waals surface area (Å²) in [5, 5.41) is 13.7. The Labute approximate surface area is 146 Å². The molecule has 26 heavy (non-hydrogen) atoms. The van der Waals surface area contributed by atoms with Crippen LogP contribution in [0.3, 0.4) is 0 Å². The lowest BCUT2D eigenvalue weighted by Crippen LogP contribution is -2.30. The zero-order valence-corrected chi connectivity index (χ0v) is 13.6. The number of anilines is 1. The van der Waals surface area contributed by atoms with Crippen LogP contribution in [0.15, 0.2) is 35.4 Å². The largest absolute Gasteiger partial charge is 0.481 e. The van der Waals surface area contributed by atoms with Gasteiger partial charge in [0.05, 0.1) is 17.8 Å². The van der Waals surface area contributed by atoms with Crippen molar-refractivity contribution in [3.05, 3.63) is 52.2 Å². The summed E-state index contributed by atoms with van der Waals surface area (Å²) >= 11 is 0. The summed E-state index contributed by atoms with van der Waals surface area (Å²) in [5.41, 5.74) is 4.27. The van der Waals surface area contributed by atoms with E-state index in [-0.39, 0.29) is 18.5 Å². The Balaban J connectivity index is 1.57. The molecule has 0 spiro atoms. The zero-order valence-electron chi connectivity index (χ0n) is 13.6. The van der Waals surface area contributed by atoms with Crippen LogP contribution in [-0.4, -0.2) is 38.0 Å². The second-order valence-electron chi connectivity index (χ2n) is 5.97. The number of nitrogens with zero attached hydrogens (tertiary/aromatic N) is 2. The van der Waals surface area contributed by atoms with Gasteiger partial charge in [-0.25, -0.2) is 9.78 Å². The van der Waals surface area contributed by atoms with E-state index < -0.39 is 12.0 Å². The average Bonchev–Trinajstić information content (AvgIpc) is 3.19. The van der Waals surface area contributed by atoms with Crippen LogP contribution in [0, 0.1) is 0 Å². The van der Waals surface area contributed by atoms with Crippen LogP contribution in [0.1, 0.15) is 17.7 Å². The Hall–Kier alpha value is -3.62. The molecule has 2 amide bonds. The van der Waals surface area contributed by atoms with Crippen molar-refractivity contribution >= 4 is 23.3 Å². The van der Waals surface area contributed by atoms with Crippen molar-refractivity contribution in [3.8, 4) is 11.3 Å². The van der Waals surface area contributed by atoms with E-state index in [4.69, 9.17) is 5.11 Å². The maximum absolute atomic E-state index is 12.1. The standard InChI is InChI=1S/C17H15N5O4/c23-13(24)3-4-19-17(26)20-10-1-2-11-9(7-10)8-12-14(11)21-16(25)15-18-5-6-22(12)15/h1-2,5-7H,3-4,8H2,(H,21,25)(H,23,24)(H2,19,20,26). The van der Waals surface area contributed by atoms with Crippen LogP contribution in [0.5, 0.6) is 0 Å². The van der Waals surface area contributed by atoms with Crippen LogP contribution >= 0.6 is 0 Å². The molecule has 0 fully saturated rings. The molecule has 132 valence electrons. The van der Waals surface area contributed by atoms with E-state index in [2.05, 4.69) is 20.6 Å². The van der Waals surface area contributed by atoms with Gasteiger partial charge in [0.25, 0.3) is 5.56 Å². The molecule has 9 nitrogen and oxygen atoms in total. The second-order valence-corrected chi connectivity index (χ2v) is 5.97. The Morgan fingerprint density at radius 2 is 2.19 bits per heavy atom. The number of carbonyl (C=O) groups excluding carboxylic acids is 1. The number of amides is 2. The number of carboxylic acid groups (broad SMARTS) is 1. The first-order chi connectivity index (χ1) is 12.5. The number of carbonyl (C=O) groups is 2. The highest BCUT2D eigenvalue weighted by atomic mass is 16.4. The molecule has 2 aromatic heterocycles. The van der Waals surface area contributed by atoms with Crippen molar-refractivity contribution in [2.24, 2.45) is 0 Å². The van der Waals surface area contributed by atoms with Crippen molar-refractivity contribution in [2.45, 2.75) is 12.8 Å². The Morgan fingerprint density at radius 1 is 1.35 bits per heavy atom. The molecule has 1 aliphatic rings. The van der Waals surface area contributed by atoms with Gasteiger partial charge in [-0.1, -0.05) is 6.07 Å². The molecule has 0 atom stereocenters. The number of aliphatic carboxylic acids is 1. The SMILES string of the molecule is O=C(O)CCNC(=O)Nc1ccc2c(c1)Cc1c-2[nH]c(=O)c2nccn12. The first kappa shape index (κ1) is 15.9. The number of aromatic nitrogens is 3. The number of rotatable bonds is 4. The fraction of sp³-hybridized carbons (Fsp3) is 0.176. The van der Waals surface area contributed by atoms with Crippen molar-refractivity contribution in [1.29, 1.82) is 0 Å². The normalized spacial score (nSPS) is 11.8. The molecule has 0 unspecified atom stereocenters. The Kier molecular flexibility index (Phi) is 3.68. The minimum absolute atomic E-state index is 0.0530. The lowest BCUT2D eigenvalue weighted by molar-refractivity contribution is -0.136. The first-order valence-electron chi connectivity index (χ1n) is 8.01. The van der Waals surface area contributed by atoms with E-state index in [9.17, 15) is 14.4 Å². The lowest BCUT2D eigenvalue weighted by atomic mass is 10.1. The van der Waals surface area contributed by atoms with Gasteiger partial charge < -0.3 is 20.7 Å². The summed E-state index contributed by atoms with van der Waals surface area (Å²) in [7, 11) is 0. The molecule has 2 heterocycles. The third-order valence-electron chi connectivity index (χ3n) is 4.28. The van der Waals surface area contributed by atoms with Gasteiger partial charge in [-0.2, -0.15) is 0 Å². The number of benzene rings is 1. The minimum Gasteiger partial charge on any atom is -0.481 e. The highest BCUT2D eigenvalue weighted by molar-refractivity contribution is 5.90. The van der Waals surface area contributed by atoms with E-state index in [1.165, 1.54) is 0 Å². The highest BCUT2D eigenvalue weighted by Crippen LogP contribution is 2.35. The van der Waals surface area contributed by atoms with Gasteiger partial charge in [0.1, 0.15) is 0 Å². The number of urea groups is 1. The topological polar surface area (TPSA) is 129 Å². The first-order valence-corrected chi connectivity index (χ1v) is 8.01. The van der Waals surface area contributed by atoms with Crippen LogP contribution < -0.4 is 16.2 Å². The number of carboxylic acids is 1. The Morgan fingerprint density at radius 3 is 3.00 bits per heavy atom. The molecule has 0 aliphatic heterocycles. The maximum atomic E-state index is 12.1. The third kappa shape index (κ3) is 2.69. The molecular formula is C17H15N5O4. The number of fused-ring (bicyclic) bond motifs is 5.